The lowest BCUT2D eigenvalue weighted by Gasteiger charge is -2.21. The molecule has 2 unspecified atom stereocenters. The minimum absolute atomic E-state index is 0.0492. The van der Waals surface area contributed by atoms with Crippen LogP contribution in [0.25, 0.3) is 0 Å². The Kier molecular flexibility index (Phi) is 2.10. The van der Waals surface area contributed by atoms with Gasteiger partial charge in [0.15, 0.2) is 5.79 Å². The van der Waals surface area contributed by atoms with Gasteiger partial charge in [0.1, 0.15) is 6.10 Å². The third-order valence-electron chi connectivity index (χ3n) is 2.84. The summed E-state index contributed by atoms with van der Waals surface area (Å²) < 4.78 is 11.4. The van der Waals surface area contributed by atoms with Gasteiger partial charge in [-0.3, -0.25) is 0 Å². The zero-order chi connectivity index (χ0) is 8.60. The highest BCUT2D eigenvalue weighted by Gasteiger charge is 2.46. The van der Waals surface area contributed by atoms with Crippen molar-refractivity contribution in [1.29, 1.82) is 0 Å². The molecule has 2 rings (SSSR count). The van der Waals surface area contributed by atoms with Crippen molar-refractivity contribution in [1.82, 2.24) is 0 Å². The van der Waals surface area contributed by atoms with Crippen LogP contribution in [-0.2, 0) is 9.47 Å². The lowest BCUT2D eigenvalue weighted by molar-refractivity contribution is -0.170. The zero-order valence-corrected chi connectivity index (χ0v) is 7.45. The number of rotatable bonds is 1. The van der Waals surface area contributed by atoms with Gasteiger partial charge in [0.05, 0.1) is 12.7 Å². The van der Waals surface area contributed by atoms with Crippen molar-refractivity contribution in [3.8, 4) is 0 Å². The molecule has 0 aromatic carbocycles. The van der Waals surface area contributed by atoms with E-state index in [4.69, 9.17) is 14.6 Å². The summed E-state index contributed by atoms with van der Waals surface area (Å²) in [5.74, 6) is -0.327. The molecule has 0 radical (unpaired) electrons. The standard InChI is InChI=1S/C9H16O3/c1-7-8(6-10)12-9(11-7)4-2-3-5-9/h7-8,10H,2-6H2,1H3. The zero-order valence-electron chi connectivity index (χ0n) is 7.45. The van der Waals surface area contributed by atoms with Crippen LogP contribution < -0.4 is 0 Å². The normalized spacial score (nSPS) is 39.5. The Balaban J connectivity index is 2.03. The van der Waals surface area contributed by atoms with Crippen LogP contribution in [0.4, 0.5) is 0 Å². The van der Waals surface area contributed by atoms with Crippen LogP contribution in [0.15, 0.2) is 0 Å². The second kappa shape index (κ2) is 2.98. The average molecular weight is 172 g/mol. The summed E-state index contributed by atoms with van der Waals surface area (Å²) in [7, 11) is 0. The fraction of sp³-hybridized carbons (Fsp3) is 1.00. The minimum atomic E-state index is -0.327. The third kappa shape index (κ3) is 1.26. The van der Waals surface area contributed by atoms with Crippen LogP contribution >= 0.6 is 0 Å². The first-order valence-electron chi connectivity index (χ1n) is 4.72. The molecule has 2 fully saturated rings. The summed E-state index contributed by atoms with van der Waals surface area (Å²) in [6.07, 6.45) is 4.30. The number of aliphatic hydroxyl groups is 1. The SMILES string of the molecule is CC1OC2(CCCC2)OC1CO. The number of hydrogen-bond donors (Lipinski definition) is 1. The van der Waals surface area contributed by atoms with E-state index < -0.39 is 0 Å². The van der Waals surface area contributed by atoms with E-state index in [1.807, 2.05) is 6.92 Å². The fourth-order valence-electron chi connectivity index (χ4n) is 2.15. The van der Waals surface area contributed by atoms with Crippen molar-refractivity contribution in [2.75, 3.05) is 6.61 Å². The van der Waals surface area contributed by atoms with Crippen LogP contribution in [0, 0.1) is 0 Å². The molecule has 1 aliphatic heterocycles. The molecule has 0 aromatic rings. The molecular weight excluding hydrogens is 156 g/mol. The van der Waals surface area contributed by atoms with Gasteiger partial charge in [0.25, 0.3) is 0 Å². The maximum Gasteiger partial charge on any atom is 0.169 e. The van der Waals surface area contributed by atoms with E-state index >= 15 is 0 Å². The second-order valence-corrected chi connectivity index (χ2v) is 3.78. The third-order valence-corrected chi connectivity index (χ3v) is 2.84. The van der Waals surface area contributed by atoms with E-state index in [2.05, 4.69) is 0 Å². The first-order valence-corrected chi connectivity index (χ1v) is 4.72. The highest BCUT2D eigenvalue weighted by molar-refractivity contribution is 4.87. The lowest BCUT2D eigenvalue weighted by Crippen LogP contribution is -2.27. The van der Waals surface area contributed by atoms with Crippen LogP contribution in [0.1, 0.15) is 32.6 Å². The van der Waals surface area contributed by atoms with Crippen molar-refractivity contribution in [2.45, 2.75) is 50.6 Å². The first-order chi connectivity index (χ1) is 5.76. The summed E-state index contributed by atoms with van der Waals surface area (Å²) in [4.78, 5) is 0. The van der Waals surface area contributed by atoms with Gasteiger partial charge >= 0.3 is 0 Å². The predicted molar refractivity (Wildman–Crippen MR) is 43.7 cm³/mol. The molecule has 1 heterocycles. The molecule has 2 aliphatic rings. The predicted octanol–water partition coefficient (Wildman–Crippen LogP) is 1.05. The Morgan fingerprint density at radius 2 is 2.00 bits per heavy atom. The van der Waals surface area contributed by atoms with Crippen molar-refractivity contribution in [3.63, 3.8) is 0 Å². The molecule has 0 bridgehead atoms. The first kappa shape index (κ1) is 8.48. The molecular formula is C9H16O3. The topological polar surface area (TPSA) is 38.7 Å². The van der Waals surface area contributed by atoms with Crippen LogP contribution in [0.3, 0.4) is 0 Å². The Morgan fingerprint density at radius 3 is 2.50 bits per heavy atom. The van der Waals surface area contributed by atoms with Crippen LogP contribution in [-0.4, -0.2) is 29.7 Å². The van der Waals surface area contributed by atoms with Gasteiger partial charge < -0.3 is 14.6 Å². The monoisotopic (exact) mass is 172 g/mol. The Hall–Kier alpha value is -0.120. The molecule has 1 spiro atoms. The molecule has 0 aromatic heterocycles. The summed E-state index contributed by atoms with van der Waals surface area (Å²) in [5.41, 5.74) is 0. The molecule has 12 heavy (non-hydrogen) atoms. The molecule has 1 saturated heterocycles. The van der Waals surface area contributed by atoms with Crippen molar-refractivity contribution in [3.05, 3.63) is 0 Å². The maximum absolute atomic E-state index is 8.98. The molecule has 0 amide bonds. The van der Waals surface area contributed by atoms with Gasteiger partial charge in [-0.15, -0.1) is 0 Å². The van der Waals surface area contributed by atoms with Crippen molar-refractivity contribution >= 4 is 0 Å². The summed E-state index contributed by atoms with van der Waals surface area (Å²) in [5, 5.41) is 8.98. The molecule has 1 aliphatic carbocycles. The van der Waals surface area contributed by atoms with Crippen molar-refractivity contribution in [2.24, 2.45) is 0 Å². The average Bonchev–Trinajstić information content (AvgIpc) is 2.60. The Bertz CT molecular complexity index is 163. The summed E-state index contributed by atoms with van der Waals surface area (Å²) in [6, 6.07) is 0. The van der Waals surface area contributed by atoms with E-state index in [9.17, 15) is 0 Å². The molecule has 1 N–H and O–H groups in total. The molecule has 1 saturated carbocycles. The van der Waals surface area contributed by atoms with Gasteiger partial charge in [-0.05, 0) is 19.8 Å². The summed E-state index contributed by atoms with van der Waals surface area (Å²) in [6.45, 7) is 2.04. The molecule has 70 valence electrons. The van der Waals surface area contributed by atoms with Crippen LogP contribution in [0.5, 0.6) is 0 Å². The fourth-order valence-corrected chi connectivity index (χ4v) is 2.15. The highest BCUT2D eigenvalue weighted by Crippen LogP contribution is 2.41. The van der Waals surface area contributed by atoms with Gasteiger partial charge in [-0.2, -0.15) is 0 Å². The Morgan fingerprint density at radius 1 is 1.33 bits per heavy atom. The van der Waals surface area contributed by atoms with E-state index in [-0.39, 0.29) is 24.6 Å². The van der Waals surface area contributed by atoms with Gasteiger partial charge in [-0.25, -0.2) is 0 Å². The Labute approximate surface area is 72.7 Å². The van der Waals surface area contributed by atoms with E-state index in [1.165, 1.54) is 12.8 Å². The lowest BCUT2D eigenvalue weighted by atomic mass is 10.2. The number of ether oxygens (including phenoxy) is 2. The highest BCUT2D eigenvalue weighted by atomic mass is 16.8. The maximum atomic E-state index is 8.98. The van der Waals surface area contributed by atoms with Gasteiger partial charge in [0.2, 0.25) is 0 Å². The number of aliphatic hydroxyl groups excluding tert-OH is 1. The van der Waals surface area contributed by atoms with Crippen LogP contribution in [0.2, 0.25) is 0 Å². The van der Waals surface area contributed by atoms with E-state index in [0.29, 0.717) is 0 Å². The number of hydrogen-bond acceptors (Lipinski definition) is 3. The largest absolute Gasteiger partial charge is 0.394 e. The van der Waals surface area contributed by atoms with Gasteiger partial charge in [-0.1, -0.05) is 0 Å². The molecule has 2 atom stereocenters. The van der Waals surface area contributed by atoms with Crippen molar-refractivity contribution < 1.29 is 14.6 Å². The quantitative estimate of drug-likeness (QED) is 0.642. The van der Waals surface area contributed by atoms with E-state index in [1.54, 1.807) is 0 Å². The second-order valence-electron chi connectivity index (χ2n) is 3.78. The van der Waals surface area contributed by atoms with E-state index in [0.717, 1.165) is 12.8 Å². The van der Waals surface area contributed by atoms with Gasteiger partial charge in [0, 0.05) is 12.8 Å². The minimum Gasteiger partial charge on any atom is -0.394 e. The summed E-state index contributed by atoms with van der Waals surface area (Å²) >= 11 is 0. The molecule has 3 heteroatoms. The molecule has 3 nitrogen and oxygen atoms in total. The smallest absolute Gasteiger partial charge is 0.169 e.